The first kappa shape index (κ1) is 78.1. The van der Waals surface area contributed by atoms with Crippen LogP contribution in [-0.4, -0.2) is 57.3 Å². The van der Waals surface area contributed by atoms with Crippen LogP contribution in [0.1, 0.15) is 25.0 Å². The van der Waals surface area contributed by atoms with E-state index in [0.717, 1.165) is 83.9 Å². The normalized spacial score (nSPS) is 12.5. The second-order valence-corrected chi connectivity index (χ2v) is 38.1. The lowest BCUT2D eigenvalue weighted by molar-refractivity contribution is 0.661. The smallest absolute Gasteiger partial charge is 0.235 e. The number of aromatic nitrogens is 12. The van der Waals surface area contributed by atoms with Crippen LogP contribution in [0.4, 0.5) is 0 Å². The molecule has 30 rings (SSSR count). The molecule has 0 fully saturated rings. The van der Waals surface area contributed by atoms with Crippen molar-refractivity contribution < 1.29 is 0 Å². The van der Waals surface area contributed by atoms with Gasteiger partial charge in [0, 0.05) is 163 Å². The fourth-order valence-corrected chi connectivity index (χ4v) is 24.6. The highest BCUT2D eigenvalue weighted by atomic mass is 32.1. The second-order valence-electron chi connectivity index (χ2n) is 36.0. The first-order valence-corrected chi connectivity index (χ1v) is 48.0. The summed E-state index contributed by atoms with van der Waals surface area (Å²) in [5.74, 6) is 2.01. The molecule has 11 aromatic heterocycles. The largest absolute Gasteiger partial charge is 0.309 e. The predicted molar refractivity (Wildman–Crippen MR) is 572 cm³/mol. The maximum Gasteiger partial charge on any atom is 0.235 e. The van der Waals surface area contributed by atoms with Crippen molar-refractivity contribution in [3.05, 3.63) is 448 Å². The maximum absolute atomic E-state index is 5.24. The van der Waals surface area contributed by atoms with Gasteiger partial charge in [0.25, 0.3) is 0 Å². The van der Waals surface area contributed by atoms with E-state index < -0.39 is 0 Å². The van der Waals surface area contributed by atoms with Gasteiger partial charge in [-0.25, -0.2) is 29.9 Å². The lowest BCUT2D eigenvalue weighted by Gasteiger charge is -2.21. The summed E-state index contributed by atoms with van der Waals surface area (Å²) in [6.45, 7) is 4.66. The highest BCUT2D eigenvalue weighted by molar-refractivity contribution is 7.27. The van der Waals surface area contributed by atoms with E-state index in [4.69, 9.17) is 29.9 Å². The zero-order valence-corrected chi connectivity index (χ0v) is 75.9. The van der Waals surface area contributed by atoms with Gasteiger partial charge in [0.2, 0.25) is 17.8 Å². The van der Waals surface area contributed by atoms with Gasteiger partial charge in [-0.15, -0.1) is 22.7 Å². The Hall–Kier alpha value is -17.6. The van der Waals surface area contributed by atoms with Crippen LogP contribution in [0.25, 0.3) is 251 Å². The molecule has 0 amide bonds. The second kappa shape index (κ2) is 30.8. The number of fused-ring (bicyclic) bond motifs is 29. The minimum absolute atomic E-state index is 0.0998. The lowest BCUT2D eigenvalue weighted by atomic mass is 9.82. The summed E-state index contributed by atoms with van der Waals surface area (Å²) >= 11 is 3.72. The van der Waals surface area contributed by atoms with Gasteiger partial charge in [0.15, 0.2) is 0 Å². The Morgan fingerprint density at radius 3 is 0.949 bits per heavy atom. The van der Waals surface area contributed by atoms with Gasteiger partial charge in [0.1, 0.15) is 0 Å². The van der Waals surface area contributed by atoms with Crippen LogP contribution in [0.2, 0.25) is 0 Å². The summed E-state index contributed by atoms with van der Waals surface area (Å²) in [6, 6.07) is 149. The number of thiophene rings is 2. The molecular weight excluding hydrogens is 1710 g/mol. The molecule has 0 spiro atoms. The molecule has 0 radical (unpaired) electrons. The molecule has 29 aromatic rings. The van der Waals surface area contributed by atoms with Gasteiger partial charge in [-0.1, -0.05) is 287 Å². The first-order valence-electron chi connectivity index (χ1n) is 46.4. The Balaban J connectivity index is 0.000000102. The van der Waals surface area contributed by atoms with Crippen LogP contribution in [-0.2, 0) is 5.41 Å². The van der Waals surface area contributed by atoms with Crippen LogP contribution in [0.5, 0.6) is 0 Å². The van der Waals surface area contributed by atoms with E-state index in [9.17, 15) is 0 Å². The third kappa shape index (κ3) is 12.1. The van der Waals surface area contributed by atoms with Crippen molar-refractivity contribution >= 4 is 194 Å². The first-order chi connectivity index (χ1) is 67.7. The minimum atomic E-state index is -0.0998. The van der Waals surface area contributed by atoms with Crippen molar-refractivity contribution in [3.8, 4) is 79.8 Å². The SMILES string of the molecule is CC1(C)c2ccccc2-c2cc3c4ccccc4n(-c4nccc(-c5cccc(-n6c7ccccc7c7ccccc76)c5)n4)c3cc21.c1cc(-c2ccnc(-n3c4ccccc4c4c5sc6ccccc6c5ccc43)n2)cc(-n2c3ccccc3c3ccccc32)c1.c1ccc2c(c1)sc1c2ccc2c1c1ccccc1n2-c1nccc(-c2ccc(-n3c4ccccc4c4ccccc43)cc2)n1. The molecule has 1 aliphatic rings. The molecule has 1 aliphatic carbocycles. The number of benzene rings is 18. The monoisotopic (exact) mass is 1790 g/mol. The average Bonchev–Trinajstić information content (AvgIpc) is 1.56. The molecule has 0 N–H and O–H groups in total. The fourth-order valence-electron chi connectivity index (χ4n) is 22.1. The summed E-state index contributed by atoms with van der Waals surface area (Å²) < 4.78 is 18.9. The number of para-hydroxylation sites is 9. The number of rotatable bonds is 9. The topological polar surface area (TPSA) is 107 Å². The molecule has 18 aromatic carbocycles. The van der Waals surface area contributed by atoms with E-state index in [1.165, 1.54) is 160 Å². The zero-order valence-electron chi connectivity index (χ0n) is 74.3. The number of nitrogens with zero attached hydrogens (tertiary/aromatic N) is 12. The lowest BCUT2D eigenvalue weighted by Crippen LogP contribution is -2.15. The molecule has 0 saturated heterocycles. The summed E-state index contributed by atoms with van der Waals surface area (Å²) in [4.78, 5) is 30.1. The van der Waals surface area contributed by atoms with Crippen LogP contribution >= 0.6 is 22.7 Å². The quantitative estimate of drug-likeness (QED) is 0.142. The molecule has 0 aliphatic heterocycles. The van der Waals surface area contributed by atoms with E-state index in [-0.39, 0.29) is 5.41 Å². The van der Waals surface area contributed by atoms with Crippen molar-refractivity contribution in [1.82, 2.24) is 57.3 Å². The molecule has 0 atom stereocenters. The molecule has 137 heavy (non-hydrogen) atoms. The molecule has 0 bridgehead atoms. The van der Waals surface area contributed by atoms with Gasteiger partial charge in [-0.05, 0) is 168 Å². The summed E-state index contributed by atoms with van der Waals surface area (Å²) in [5.41, 5.74) is 28.3. The average molecular weight is 1790 g/mol. The van der Waals surface area contributed by atoms with E-state index in [2.05, 4.69) is 442 Å². The van der Waals surface area contributed by atoms with Crippen LogP contribution in [0.15, 0.2) is 437 Å². The van der Waals surface area contributed by atoms with Crippen molar-refractivity contribution in [2.24, 2.45) is 0 Å². The molecule has 642 valence electrons. The molecule has 0 unspecified atom stereocenters. The maximum atomic E-state index is 5.24. The van der Waals surface area contributed by atoms with E-state index >= 15 is 0 Å². The third-order valence-corrected chi connectivity index (χ3v) is 30.6. The van der Waals surface area contributed by atoms with Crippen LogP contribution < -0.4 is 0 Å². The predicted octanol–water partition coefficient (Wildman–Crippen LogP) is 32.1. The van der Waals surface area contributed by atoms with Crippen molar-refractivity contribution in [2.75, 3.05) is 0 Å². The number of hydrogen-bond donors (Lipinski definition) is 0. The van der Waals surface area contributed by atoms with Crippen molar-refractivity contribution in [3.63, 3.8) is 0 Å². The summed E-state index contributed by atoms with van der Waals surface area (Å²) in [7, 11) is 0. The Morgan fingerprint density at radius 2 is 0.533 bits per heavy atom. The van der Waals surface area contributed by atoms with E-state index in [0.29, 0.717) is 17.8 Å². The Kier molecular flexibility index (Phi) is 17.5. The van der Waals surface area contributed by atoms with Crippen LogP contribution in [0, 0.1) is 0 Å². The summed E-state index contributed by atoms with van der Waals surface area (Å²) in [6.07, 6.45) is 5.64. The van der Waals surface area contributed by atoms with Gasteiger partial charge in [0.05, 0.1) is 83.3 Å². The molecule has 0 saturated carbocycles. The molecule has 14 heteroatoms. The Morgan fingerprint density at radius 1 is 0.204 bits per heavy atom. The standard InChI is InChI=1S/C43H30N4.2C40H24N4S/c1-43(2)35-18-7-3-14-29(35)33-25-34-32-17-6-10-21-40(32)47(41(34)26-36(33)43)42-44-23-22-37(45-42)27-12-11-13-28(24-27)46-38-19-8-4-15-30(38)31-16-5-9-20-39(31)46;1-5-16-33-27(12-1)28-13-2-6-17-34(28)43(33)26-11-9-10-25(24-26)32-22-23-41-40(42-32)44-35-18-7-3-15-31(35)38-36(44)21-20-30-29-14-4-8-19-37(29)45-39(30)38;1-5-13-33-27(9-1)28-10-2-6-14-34(28)43(33)26-19-17-25(18-20-26)32-23-24-41-40(42-32)44-35-15-7-3-12-31(35)38-36(44)22-21-30-29-11-4-8-16-37(29)45-39(30)38/h3-26H,1-2H3;2*1-24H. The van der Waals surface area contributed by atoms with E-state index in [1.54, 1.807) is 0 Å². The third-order valence-electron chi connectivity index (χ3n) is 28.2. The highest BCUT2D eigenvalue weighted by Gasteiger charge is 2.37. The van der Waals surface area contributed by atoms with Gasteiger partial charge >= 0.3 is 0 Å². The highest BCUT2D eigenvalue weighted by Crippen LogP contribution is 2.53. The fraction of sp³-hybridized carbons (Fsp3) is 0.0244. The Labute approximate surface area is 792 Å². The van der Waals surface area contributed by atoms with Gasteiger partial charge in [-0.3, -0.25) is 13.7 Å². The number of hydrogen-bond acceptors (Lipinski definition) is 8. The molecule has 11 heterocycles. The molecular formula is C123H78N12S2. The zero-order chi connectivity index (χ0) is 90.2. The van der Waals surface area contributed by atoms with Crippen molar-refractivity contribution in [1.29, 1.82) is 0 Å². The van der Waals surface area contributed by atoms with Gasteiger partial charge < -0.3 is 13.7 Å². The van der Waals surface area contributed by atoms with Crippen LogP contribution in [0.3, 0.4) is 0 Å². The van der Waals surface area contributed by atoms with Gasteiger partial charge in [-0.2, -0.15) is 0 Å². The summed E-state index contributed by atoms with van der Waals surface area (Å²) in [5, 5.41) is 20.1. The van der Waals surface area contributed by atoms with E-state index in [1.807, 2.05) is 59.5 Å². The molecule has 12 nitrogen and oxygen atoms in total. The minimum Gasteiger partial charge on any atom is -0.309 e. The Bertz CT molecular complexity index is 9930. The van der Waals surface area contributed by atoms with Crippen molar-refractivity contribution in [2.45, 2.75) is 19.3 Å².